The van der Waals surface area contributed by atoms with Crippen molar-refractivity contribution < 1.29 is 4.79 Å². The molecule has 0 aliphatic carbocycles. The molecule has 2 fully saturated rings. The fourth-order valence-corrected chi connectivity index (χ4v) is 3.80. The molecule has 2 N–H and O–H groups in total. The van der Waals surface area contributed by atoms with Gasteiger partial charge in [-0.3, -0.25) is 9.69 Å². The number of hydrogen-bond acceptors (Lipinski definition) is 3. The Bertz CT molecular complexity index is 343. The van der Waals surface area contributed by atoms with Crippen LogP contribution in [0.5, 0.6) is 0 Å². The fourth-order valence-electron chi connectivity index (χ4n) is 3.80. The van der Waals surface area contributed by atoms with Gasteiger partial charge in [0.05, 0.1) is 0 Å². The second-order valence-electron chi connectivity index (χ2n) is 7.64. The van der Waals surface area contributed by atoms with E-state index in [-0.39, 0.29) is 30.7 Å². The second kappa shape index (κ2) is 12.3. The SMILES string of the molecule is CC1CCN(C(C)CNC(=O)CC(C)C2CCNCC2)CC1.Cl.Cl. The Morgan fingerprint density at radius 1 is 1.12 bits per heavy atom. The van der Waals surface area contributed by atoms with E-state index in [1.54, 1.807) is 0 Å². The van der Waals surface area contributed by atoms with Crippen molar-refractivity contribution in [2.75, 3.05) is 32.7 Å². The maximum atomic E-state index is 12.2. The molecule has 2 unspecified atom stereocenters. The summed E-state index contributed by atoms with van der Waals surface area (Å²) in [5, 5.41) is 6.56. The smallest absolute Gasteiger partial charge is 0.220 e. The van der Waals surface area contributed by atoms with Crippen LogP contribution in [-0.2, 0) is 4.79 Å². The number of rotatable bonds is 6. The summed E-state index contributed by atoms with van der Waals surface area (Å²) < 4.78 is 0. The van der Waals surface area contributed by atoms with Crippen molar-refractivity contribution in [2.45, 2.75) is 58.9 Å². The van der Waals surface area contributed by atoms with E-state index in [1.807, 2.05) is 0 Å². The number of amides is 1. The van der Waals surface area contributed by atoms with Gasteiger partial charge < -0.3 is 10.6 Å². The molecule has 2 saturated heterocycles. The zero-order valence-electron chi connectivity index (χ0n) is 15.6. The minimum atomic E-state index is 0. The zero-order chi connectivity index (χ0) is 15.9. The number of hydrogen-bond donors (Lipinski definition) is 2. The molecule has 0 aromatic rings. The molecule has 1 amide bonds. The molecule has 2 atom stereocenters. The summed E-state index contributed by atoms with van der Waals surface area (Å²) in [5.74, 6) is 2.33. The van der Waals surface area contributed by atoms with Crippen molar-refractivity contribution in [3.8, 4) is 0 Å². The van der Waals surface area contributed by atoms with E-state index in [0.717, 1.165) is 25.6 Å². The van der Waals surface area contributed by atoms with E-state index >= 15 is 0 Å². The number of carbonyl (C=O) groups excluding carboxylic acids is 1. The highest BCUT2D eigenvalue weighted by Crippen LogP contribution is 2.24. The molecular weight excluding hydrogens is 345 g/mol. The average molecular weight is 382 g/mol. The lowest BCUT2D eigenvalue weighted by Gasteiger charge is -2.35. The third kappa shape index (κ3) is 7.90. The minimum absolute atomic E-state index is 0. The molecule has 2 aliphatic rings. The molecule has 0 spiro atoms. The number of halogens is 2. The molecule has 2 aliphatic heterocycles. The van der Waals surface area contributed by atoms with Crippen molar-refractivity contribution in [1.82, 2.24) is 15.5 Å². The van der Waals surface area contributed by atoms with Crippen LogP contribution in [0.1, 0.15) is 52.9 Å². The van der Waals surface area contributed by atoms with Crippen LogP contribution < -0.4 is 10.6 Å². The molecule has 4 nitrogen and oxygen atoms in total. The van der Waals surface area contributed by atoms with Gasteiger partial charge in [-0.2, -0.15) is 0 Å². The summed E-state index contributed by atoms with van der Waals surface area (Å²) in [4.78, 5) is 14.7. The van der Waals surface area contributed by atoms with Crippen molar-refractivity contribution in [3.05, 3.63) is 0 Å². The first-order chi connectivity index (χ1) is 10.6. The quantitative estimate of drug-likeness (QED) is 0.742. The number of nitrogens with one attached hydrogen (secondary N) is 2. The largest absolute Gasteiger partial charge is 0.355 e. The van der Waals surface area contributed by atoms with Crippen LogP contribution in [0.2, 0.25) is 0 Å². The third-order valence-corrected chi connectivity index (χ3v) is 5.73. The Kier molecular flexibility index (Phi) is 12.3. The van der Waals surface area contributed by atoms with Crippen LogP contribution in [-0.4, -0.2) is 49.6 Å². The van der Waals surface area contributed by atoms with Crippen LogP contribution in [0.25, 0.3) is 0 Å². The molecule has 0 aromatic heterocycles. The van der Waals surface area contributed by atoms with Crippen LogP contribution in [0.3, 0.4) is 0 Å². The number of carbonyl (C=O) groups is 1. The lowest BCUT2D eigenvalue weighted by atomic mass is 9.84. The van der Waals surface area contributed by atoms with E-state index in [4.69, 9.17) is 0 Å². The van der Waals surface area contributed by atoms with Gasteiger partial charge >= 0.3 is 0 Å². The van der Waals surface area contributed by atoms with Crippen molar-refractivity contribution in [3.63, 3.8) is 0 Å². The standard InChI is InChI=1S/C18H35N3O.2ClH/c1-14-6-10-21(11-7-14)16(3)13-20-18(22)12-15(2)17-4-8-19-9-5-17;;/h14-17,19H,4-13H2,1-3H3,(H,20,22);2*1H. The summed E-state index contributed by atoms with van der Waals surface area (Å²) in [6.07, 6.45) is 5.72. The van der Waals surface area contributed by atoms with Crippen molar-refractivity contribution >= 4 is 30.7 Å². The van der Waals surface area contributed by atoms with Gasteiger partial charge in [0, 0.05) is 19.0 Å². The van der Waals surface area contributed by atoms with Crippen LogP contribution in [0.4, 0.5) is 0 Å². The Hall–Kier alpha value is -0.0300. The first-order valence-corrected chi connectivity index (χ1v) is 9.27. The topological polar surface area (TPSA) is 44.4 Å². The van der Waals surface area contributed by atoms with E-state index < -0.39 is 0 Å². The van der Waals surface area contributed by atoms with Gasteiger partial charge in [-0.1, -0.05) is 13.8 Å². The van der Waals surface area contributed by atoms with Crippen molar-refractivity contribution in [2.24, 2.45) is 17.8 Å². The van der Waals surface area contributed by atoms with Gasteiger partial charge in [-0.15, -0.1) is 24.8 Å². The number of piperidine rings is 2. The Morgan fingerprint density at radius 2 is 1.71 bits per heavy atom. The summed E-state index contributed by atoms with van der Waals surface area (Å²) in [5.41, 5.74) is 0. The van der Waals surface area contributed by atoms with Gasteiger partial charge in [0.15, 0.2) is 0 Å². The third-order valence-electron chi connectivity index (χ3n) is 5.73. The highest BCUT2D eigenvalue weighted by atomic mass is 35.5. The van der Waals surface area contributed by atoms with Crippen LogP contribution in [0, 0.1) is 17.8 Å². The Labute approximate surface area is 160 Å². The van der Waals surface area contributed by atoms with Gasteiger partial charge in [-0.05, 0) is 76.5 Å². The summed E-state index contributed by atoms with van der Waals surface area (Å²) in [7, 11) is 0. The average Bonchev–Trinajstić information content (AvgIpc) is 2.54. The van der Waals surface area contributed by atoms with E-state index in [9.17, 15) is 4.79 Å². The van der Waals surface area contributed by atoms with E-state index in [2.05, 4.69) is 36.3 Å². The first-order valence-electron chi connectivity index (χ1n) is 9.27. The molecule has 2 rings (SSSR count). The number of nitrogens with zero attached hydrogens (tertiary/aromatic N) is 1. The molecule has 0 radical (unpaired) electrons. The molecule has 0 bridgehead atoms. The summed E-state index contributed by atoms with van der Waals surface area (Å²) >= 11 is 0. The maximum absolute atomic E-state index is 12.2. The molecule has 0 saturated carbocycles. The normalized spacial score (nSPS) is 22.8. The number of likely N-dealkylation sites (tertiary alicyclic amines) is 1. The predicted molar refractivity (Wildman–Crippen MR) is 106 cm³/mol. The fraction of sp³-hybridized carbons (Fsp3) is 0.944. The Balaban J connectivity index is 0.00000264. The highest BCUT2D eigenvalue weighted by molar-refractivity contribution is 5.85. The molecule has 24 heavy (non-hydrogen) atoms. The van der Waals surface area contributed by atoms with Crippen molar-refractivity contribution in [1.29, 1.82) is 0 Å². The molecule has 0 aromatic carbocycles. The Morgan fingerprint density at radius 3 is 2.29 bits per heavy atom. The van der Waals surface area contributed by atoms with Crippen LogP contribution in [0.15, 0.2) is 0 Å². The highest BCUT2D eigenvalue weighted by Gasteiger charge is 2.23. The molecular formula is C18H37Cl2N3O. The molecule has 6 heteroatoms. The summed E-state index contributed by atoms with van der Waals surface area (Å²) in [6.45, 7) is 12.2. The molecule has 2 heterocycles. The van der Waals surface area contributed by atoms with Gasteiger partial charge in [-0.25, -0.2) is 0 Å². The minimum Gasteiger partial charge on any atom is -0.355 e. The first kappa shape index (κ1) is 24.0. The van der Waals surface area contributed by atoms with E-state index in [1.165, 1.54) is 38.8 Å². The van der Waals surface area contributed by atoms with Gasteiger partial charge in [0.25, 0.3) is 0 Å². The predicted octanol–water partition coefficient (Wildman–Crippen LogP) is 3.09. The lowest BCUT2D eigenvalue weighted by molar-refractivity contribution is -0.122. The monoisotopic (exact) mass is 381 g/mol. The van der Waals surface area contributed by atoms with Crippen LogP contribution >= 0.6 is 24.8 Å². The lowest BCUT2D eigenvalue weighted by Crippen LogP contribution is -2.45. The van der Waals surface area contributed by atoms with Gasteiger partial charge in [0.1, 0.15) is 0 Å². The molecule has 144 valence electrons. The summed E-state index contributed by atoms with van der Waals surface area (Å²) in [6, 6.07) is 0.464. The maximum Gasteiger partial charge on any atom is 0.220 e. The van der Waals surface area contributed by atoms with Gasteiger partial charge in [0.2, 0.25) is 5.91 Å². The second-order valence-corrected chi connectivity index (χ2v) is 7.64. The van der Waals surface area contributed by atoms with E-state index in [0.29, 0.717) is 24.3 Å². The zero-order valence-corrected chi connectivity index (χ0v) is 17.2.